The summed E-state index contributed by atoms with van der Waals surface area (Å²) in [7, 11) is 0. The van der Waals surface area contributed by atoms with E-state index in [9.17, 15) is 14.7 Å². The number of amides is 1. The number of hydrogen-bond acceptors (Lipinski definition) is 4. The molecule has 2 aromatic heterocycles. The molecule has 0 saturated heterocycles. The maximum atomic E-state index is 13.1. The highest BCUT2D eigenvalue weighted by molar-refractivity contribution is 6.09. The van der Waals surface area contributed by atoms with E-state index in [-0.39, 0.29) is 11.3 Å². The number of nitrogens with zero attached hydrogens (tertiary/aromatic N) is 3. The quantitative estimate of drug-likeness (QED) is 0.552. The maximum absolute atomic E-state index is 13.1. The second-order valence-corrected chi connectivity index (χ2v) is 7.47. The van der Waals surface area contributed by atoms with Crippen LogP contribution in [0.15, 0.2) is 59.4 Å². The molecule has 30 heavy (non-hydrogen) atoms. The van der Waals surface area contributed by atoms with Gasteiger partial charge in [-0.3, -0.25) is 9.59 Å². The number of aromatic nitrogens is 3. The summed E-state index contributed by atoms with van der Waals surface area (Å²) < 4.78 is 3.20. The molecule has 1 amide bonds. The van der Waals surface area contributed by atoms with Crippen molar-refractivity contribution in [2.75, 3.05) is 5.32 Å². The first-order valence-electron chi connectivity index (χ1n) is 9.85. The minimum absolute atomic E-state index is 0.250. The molecule has 0 unspecified atom stereocenters. The van der Waals surface area contributed by atoms with E-state index < -0.39 is 11.5 Å². The lowest BCUT2D eigenvalue weighted by Gasteiger charge is -2.21. The molecule has 150 valence electrons. The van der Waals surface area contributed by atoms with Gasteiger partial charge >= 0.3 is 0 Å². The van der Waals surface area contributed by atoms with Crippen LogP contribution in [0.1, 0.15) is 28.0 Å². The minimum atomic E-state index is -0.656. The molecule has 1 aliphatic rings. The van der Waals surface area contributed by atoms with Crippen LogP contribution in [0.4, 0.5) is 5.82 Å². The average molecular weight is 400 g/mol. The van der Waals surface area contributed by atoms with E-state index in [1.54, 1.807) is 21.4 Å². The van der Waals surface area contributed by atoms with E-state index >= 15 is 0 Å². The molecule has 0 spiro atoms. The van der Waals surface area contributed by atoms with Crippen LogP contribution in [0, 0.1) is 6.92 Å². The van der Waals surface area contributed by atoms with Gasteiger partial charge in [-0.25, -0.2) is 4.68 Å². The van der Waals surface area contributed by atoms with E-state index in [1.165, 1.54) is 0 Å². The van der Waals surface area contributed by atoms with Gasteiger partial charge < -0.3 is 15.0 Å². The smallest absolute Gasteiger partial charge is 0.267 e. The molecule has 2 N–H and O–H groups in total. The Kier molecular flexibility index (Phi) is 4.17. The summed E-state index contributed by atoms with van der Waals surface area (Å²) in [5, 5.41) is 18.6. The van der Waals surface area contributed by atoms with Crippen LogP contribution in [-0.2, 0) is 13.0 Å². The zero-order chi connectivity index (χ0) is 20.8. The van der Waals surface area contributed by atoms with Gasteiger partial charge in [0.15, 0.2) is 0 Å². The topological polar surface area (TPSA) is 89.1 Å². The Morgan fingerprint density at radius 1 is 1.13 bits per heavy atom. The van der Waals surface area contributed by atoms with Crippen LogP contribution in [0.5, 0.6) is 5.75 Å². The Labute approximate surface area is 172 Å². The minimum Gasteiger partial charge on any atom is -0.506 e. The number of aryl methyl sites for hydroxylation is 3. The molecule has 3 heterocycles. The molecule has 1 aliphatic heterocycles. The fraction of sp³-hybridized carbons (Fsp3) is 0.174. The normalized spacial score (nSPS) is 12.8. The van der Waals surface area contributed by atoms with Gasteiger partial charge in [-0.15, -0.1) is 0 Å². The summed E-state index contributed by atoms with van der Waals surface area (Å²) in [6, 6.07) is 16.7. The summed E-state index contributed by atoms with van der Waals surface area (Å²) in [6.45, 7) is 2.34. The fourth-order valence-electron chi connectivity index (χ4n) is 4.15. The molecular weight excluding hydrogens is 380 g/mol. The number of aromatic hydroxyl groups is 1. The third kappa shape index (κ3) is 2.78. The summed E-state index contributed by atoms with van der Waals surface area (Å²) in [6.07, 6.45) is 1.66. The van der Waals surface area contributed by atoms with E-state index in [0.29, 0.717) is 29.0 Å². The summed E-state index contributed by atoms with van der Waals surface area (Å²) in [4.78, 5) is 26.3. The molecule has 7 heteroatoms. The second-order valence-electron chi connectivity index (χ2n) is 7.47. The maximum Gasteiger partial charge on any atom is 0.267 e. The Balaban J connectivity index is 1.62. The number of para-hydroxylation sites is 2. The summed E-state index contributed by atoms with van der Waals surface area (Å²) >= 11 is 0. The number of carbonyl (C=O) groups excluding carboxylic acids is 1. The van der Waals surface area contributed by atoms with Crippen molar-refractivity contribution >= 4 is 22.6 Å². The van der Waals surface area contributed by atoms with Crippen LogP contribution in [0.2, 0.25) is 0 Å². The van der Waals surface area contributed by atoms with Gasteiger partial charge in [0.2, 0.25) is 0 Å². The largest absolute Gasteiger partial charge is 0.506 e. The monoisotopic (exact) mass is 400 g/mol. The van der Waals surface area contributed by atoms with Crippen molar-refractivity contribution in [1.29, 1.82) is 0 Å². The Morgan fingerprint density at radius 3 is 2.73 bits per heavy atom. The fourth-order valence-corrected chi connectivity index (χ4v) is 4.15. The van der Waals surface area contributed by atoms with Gasteiger partial charge in [0, 0.05) is 18.0 Å². The van der Waals surface area contributed by atoms with Crippen molar-refractivity contribution < 1.29 is 9.90 Å². The lowest BCUT2D eigenvalue weighted by atomic mass is 9.99. The predicted molar refractivity (Wildman–Crippen MR) is 114 cm³/mol. The lowest BCUT2D eigenvalue weighted by molar-refractivity contribution is 0.102. The standard InChI is InChI=1S/C23H20N4O3/c1-14-13-18(27(25-14)16-9-3-2-4-10-16)24-22(29)19-21(28)17-11-5-7-15-8-6-12-26(20(15)17)23(19)30/h2-5,7,9-11,13,28H,6,8,12H2,1H3,(H,24,29). The highest BCUT2D eigenvalue weighted by atomic mass is 16.3. The van der Waals surface area contributed by atoms with Gasteiger partial charge in [0.1, 0.15) is 17.1 Å². The number of anilines is 1. The van der Waals surface area contributed by atoms with Gasteiger partial charge in [0.25, 0.3) is 11.5 Å². The summed E-state index contributed by atoms with van der Waals surface area (Å²) in [5.74, 6) is -0.513. The van der Waals surface area contributed by atoms with E-state index in [0.717, 1.165) is 24.1 Å². The Hall–Kier alpha value is -3.87. The predicted octanol–water partition coefficient (Wildman–Crippen LogP) is 3.40. The highest BCUT2D eigenvalue weighted by Gasteiger charge is 2.26. The average Bonchev–Trinajstić information content (AvgIpc) is 3.12. The number of hydrogen-bond donors (Lipinski definition) is 2. The molecule has 0 radical (unpaired) electrons. The number of carbonyl (C=O) groups is 1. The molecular formula is C23H20N4O3. The number of pyridine rings is 1. The van der Waals surface area contributed by atoms with Crippen molar-refractivity contribution in [2.24, 2.45) is 0 Å². The highest BCUT2D eigenvalue weighted by Crippen LogP contribution is 2.32. The van der Waals surface area contributed by atoms with Crippen LogP contribution < -0.4 is 10.9 Å². The molecule has 7 nitrogen and oxygen atoms in total. The third-order valence-electron chi connectivity index (χ3n) is 5.47. The van der Waals surface area contributed by atoms with Crippen molar-refractivity contribution in [3.8, 4) is 11.4 Å². The number of benzene rings is 2. The lowest BCUT2D eigenvalue weighted by Crippen LogP contribution is -2.32. The van der Waals surface area contributed by atoms with Crippen LogP contribution in [0.25, 0.3) is 16.6 Å². The first-order valence-corrected chi connectivity index (χ1v) is 9.85. The zero-order valence-corrected chi connectivity index (χ0v) is 16.4. The molecule has 0 bridgehead atoms. The Morgan fingerprint density at radius 2 is 1.93 bits per heavy atom. The van der Waals surface area contributed by atoms with E-state index in [2.05, 4.69) is 10.4 Å². The van der Waals surface area contributed by atoms with Gasteiger partial charge in [-0.1, -0.05) is 30.3 Å². The van der Waals surface area contributed by atoms with Gasteiger partial charge in [0.05, 0.1) is 16.9 Å². The van der Waals surface area contributed by atoms with Crippen molar-refractivity contribution in [1.82, 2.24) is 14.3 Å². The van der Waals surface area contributed by atoms with Crippen LogP contribution in [-0.4, -0.2) is 25.4 Å². The SMILES string of the molecule is Cc1cc(NC(=O)c2c(O)c3cccc4c3n(c2=O)CCC4)n(-c2ccccc2)n1. The third-order valence-corrected chi connectivity index (χ3v) is 5.47. The van der Waals surface area contributed by atoms with Crippen LogP contribution >= 0.6 is 0 Å². The molecule has 0 atom stereocenters. The molecule has 0 saturated carbocycles. The molecule has 2 aromatic carbocycles. The number of rotatable bonds is 3. The van der Waals surface area contributed by atoms with Crippen LogP contribution in [0.3, 0.4) is 0 Å². The molecule has 4 aromatic rings. The Bertz CT molecular complexity index is 1350. The van der Waals surface area contributed by atoms with E-state index in [4.69, 9.17) is 0 Å². The molecule has 0 fully saturated rings. The molecule has 0 aliphatic carbocycles. The summed E-state index contributed by atoms with van der Waals surface area (Å²) in [5.41, 5.74) is 2.49. The van der Waals surface area contributed by atoms with Crippen molar-refractivity contribution in [3.05, 3.63) is 81.8 Å². The van der Waals surface area contributed by atoms with Crippen molar-refractivity contribution in [2.45, 2.75) is 26.3 Å². The number of nitrogens with one attached hydrogen (secondary N) is 1. The van der Waals surface area contributed by atoms with Gasteiger partial charge in [-0.05, 0) is 43.5 Å². The van der Waals surface area contributed by atoms with E-state index in [1.807, 2.05) is 49.4 Å². The molecule has 5 rings (SSSR count). The van der Waals surface area contributed by atoms with Crippen molar-refractivity contribution in [3.63, 3.8) is 0 Å². The first-order chi connectivity index (χ1) is 14.5. The zero-order valence-electron chi connectivity index (χ0n) is 16.4. The van der Waals surface area contributed by atoms with Gasteiger partial charge in [-0.2, -0.15) is 5.10 Å². The first kappa shape index (κ1) is 18.2. The second kappa shape index (κ2) is 6.88.